The summed E-state index contributed by atoms with van der Waals surface area (Å²) in [5, 5.41) is 10.1. The van der Waals surface area contributed by atoms with E-state index in [4.69, 9.17) is 4.74 Å². The Balaban J connectivity index is 1.76. The molecule has 0 aromatic heterocycles. The summed E-state index contributed by atoms with van der Waals surface area (Å²) in [4.78, 5) is 0. The van der Waals surface area contributed by atoms with E-state index >= 15 is 0 Å². The van der Waals surface area contributed by atoms with Gasteiger partial charge in [-0.05, 0) is 78.5 Å². The number of hydrogen-bond donors (Lipinski definition) is 1. The first-order chi connectivity index (χ1) is 10.5. The number of ether oxygens (including phenoxy) is 1. The van der Waals surface area contributed by atoms with Crippen LogP contribution in [0.2, 0.25) is 0 Å². The Morgan fingerprint density at radius 3 is 2.82 bits per heavy atom. The molecule has 2 nitrogen and oxygen atoms in total. The van der Waals surface area contributed by atoms with Crippen LogP contribution >= 0.6 is 0 Å². The molecule has 0 heterocycles. The Morgan fingerprint density at radius 1 is 1.23 bits per heavy atom. The summed E-state index contributed by atoms with van der Waals surface area (Å²) < 4.78 is 5.35. The van der Waals surface area contributed by atoms with Gasteiger partial charge in [-0.2, -0.15) is 0 Å². The fraction of sp³-hybridized carbons (Fsp3) is 0.600. The number of hydrogen-bond acceptors (Lipinski definition) is 2. The van der Waals surface area contributed by atoms with Crippen LogP contribution in [0.3, 0.4) is 0 Å². The highest BCUT2D eigenvalue weighted by atomic mass is 16.5. The first kappa shape index (κ1) is 14.2. The van der Waals surface area contributed by atoms with E-state index in [1.807, 2.05) is 6.07 Å². The standard InChI is InChI=1S/C20H26O2/c1-12-4-7-17-15-6-5-13-10-18(21)19(22-3)11-16(13)14(15)8-9-20(12,17)2/h7,10-12,14-15,21H,4-6,8-9H2,1-3H3/t12?,14?,15?,20-/m1/s1. The van der Waals surface area contributed by atoms with Gasteiger partial charge in [-0.25, -0.2) is 0 Å². The van der Waals surface area contributed by atoms with Crippen LogP contribution in [0.4, 0.5) is 0 Å². The number of phenols is 1. The molecule has 0 amide bonds. The fourth-order valence-electron chi connectivity index (χ4n) is 5.31. The van der Waals surface area contributed by atoms with Crippen molar-refractivity contribution in [2.45, 2.75) is 51.9 Å². The summed E-state index contributed by atoms with van der Waals surface area (Å²) in [5.74, 6) is 3.02. The molecule has 3 unspecified atom stereocenters. The lowest BCUT2D eigenvalue weighted by Crippen LogP contribution is -2.37. The van der Waals surface area contributed by atoms with Crippen LogP contribution in [0, 0.1) is 17.3 Å². The minimum Gasteiger partial charge on any atom is -0.504 e. The van der Waals surface area contributed by atoms with Crippen LogP contribution in [0.15, 0.2) is 23.8 Å². The van der Waals surface area contributed by atoms with Crippen molar-refractivity contribution in [3.63, 3.8) is 0 Å². The Hall–Kier alpha value is -1.44. The van der Waals surface area contributed by atoms with E-state index in [0.717, 1.165) is 12.3 Å². The number of allylic oxidation sites excluding steroid dienone is 2. The van der Waals surface area contributed by atoms with Crippen molar-refractivity contribution in [1.29, 1.82) is 0 Å². The van der Waals surface area contributed by atoms with E-state index in [-0.39, 0.29) is 5.75 Å². The molecule has 0 radical (unpaired) electrons. The third-order valence-electron chi connectivity index (χ3n) is 6.86. The van der Waals surface area contributed by atoms with Gasteiger partial charge in [0.25, 0.3) is 0 Å². The van der Waals surface area contributed by atoms with Crippen molar-refractivity contribution in [2.24, 2.45) is 17.3 Å². The maximum Gasteiger partial charge on any atom is 0.160 e. The number of fused-ring (bicyclic) bond motifs is 5. The van der Waals surface area contributed by atoms with Gasteiger partial charge in [-0.1, -0.05) is 25.5 Å². The first-order valence-corrected chi connectivity index (χ1v) is 8.65. The highest BCUT2D eigenvalue weighted by Gasteiger charge is 2.48. The average molecular weight is 298 g/mol. The summed E-state index contributed by atoms with van der Waals surface area (Å²) in [6.45, 7) is 4.90. The van der Waals surface area contributed by atoms with Gasteiger partial charge < -0.3 is 9.84 Å². The van der Waals surface area contributed by atoms with E-state index in [1.165, 1.54) is 36.8 Å². The maximum atomic E-state index is 10.1. The molecular formula is C20H26O2. The molecule has 4 rings (SSSR count). The van der Waals surface area contributed by atoms with Crippen LogP contribution in [-0.4, -0.2) is 12.2 Å². The fourth-order valence-corrected chi connectivity index (χ4v) is 5.31. The molecule has 2 heteroatoms. The summed E-state index contributed by atoms with van der Waals surface area (Å²) in [6.07, 6.45) is 8.67. The van der Waals surface area contributed by atoms with Gasteiger partial charge in [-0.3, -0.25) is 0 Å². The van der Waals surface area contributed by atoms with Crippen molar-refractivity contribution in [1.82, 2.24) is 0 Å². The predicted octanol–water partition coefficient (Wildman–Crippen LogP) is 4.81. The third kappa shape index (κ3) is 1.79. The molecule has 0 bridgehead atoms. The third-order valence-corrected chi connectivity index (χ3v) is 6.86. The molecule has 1 aromatic carbocycles. The summed E-state index contributed by atoms with van der Waals surface area (Å²) >= 11 is 0. The lowest BCUT2D eigenvalue weighted by atomic mass is 9.56. The predicted molar refractivity (Wildman–Crippen MR) is 88.4 cm³/mol. The Kier molecular flexibility index (Phi) is 3.08. The van der Waals surface area contributed by atoms with Gasteiger partial charge in [0.1, 0.15) is 0 Å². The highest BCUT2D eigenvalue weighted by molar-refractivity contribution is 5.50. The molecule has 1 fully saturated rings. The zero-order valence-corrected chi connectivity index (χ0v) is 13.9. The SMILES string of the molecule is COc1cc2c(cc1O)CCC1C3=CCC(C)[C@@]3(C)CCC21. The monoisotopic (exact) mass is 298 g/mol. The van der Waals surface area contributed by atoms with Gasteiger partial charge in [0, 0.05) is 0 Å². The maximum absolute atomic E-state index is 10.1. The normalized spacial score (nSPS) is 36.1. The van der Waals surface area contributed by atoms with E-state index in [1.54, 1.807) is 12.7 Å². The Morgan fingerprint density at radius 2 is 2.05 bits per heavy atom. The van der Waals surface area contributed by atoms with Crippen LogP contribution in [-0.2, 0) is 6.42 Å². The molecule has 0 aliphatic heterocycles. The minimum absolute atomic E-state index is 0.286. The Labute approximate surface area is 133 Å². The van der Waals surface area contributed by atoms with E-state index in [0.29, 0.717) is 23.0 Å². The molecule has 22 heavy (non-hydrogen) atoms. The van der Waals surface area contributed by atoms with Crippen LogP contribution in [0.5, 0.6) is 11.5 Å². The van der Waals surface area contributed by atoms with Gasteiger partial charge in [-0.15, -0.1) is 0 Å². The molecule has 0 saturated heterocycles. The van der Waals surface area contributed by atoms with Gasteiger partial charge in [0.2, 0.25) is 0 Å². The van der Waals surface area contributed by atoms with Crippen molar-refractivity contribution in [3.05, 3.63) is 34.9 Å². The van der Waals surface area contributed by atoms with Crippen LogP contribution < -0.4 is 4.74 Å². The van der Waals surface area contributed by atoms with E-state index in [9.17, 15) is 5.11 Å². The van der Waals surface area contributed by atoms with Crippen LogP contribution in [0.25, 0.3) is 0 Å². The number of benzene rings is 1. The molecule has 3 aliphatic carbocycles. The molecule has 3 aliphatic rings. The summed E-state index contributed by atoms with van der Waals surface area (Å²) in [5.41, 5.74) is 4.91. The Bertz CT molecular complexity index is 645. The topological polar surface area (TPSA) is 29.5 Å². The second-order valence-electron chi connectivity index (χ2n) is 7.73. The smallest absolute Gasteiger partial charge is 0.160 e. The highest BCUT2D eigenvalue weighted by Crippen LogP contribution is 2.60. The van der Waals surface area contributed by atoms with Crippen molar-refractivity contribution in [2.75, 3.05) is 7.11 Å². The number of rotatable bonds is 1. The molecule has 4 atom stereocenters. The first-order valence-electron chi connectivity index (χ1n) is 8.65. The molecule has 1 N–H and O–H groups in total. The second-order valence-corrected chi connectivity index (χ2v) is 7.73. The number of phenolic OH excluding ortho intramolecular Hbond substituents is 1. The minimum atomic E-state index is 0.286. The zero-order valence-electron chi connectivity index (χ0n) is 13.9. The molecule has 1 saturated carbocycles. The quantitative estimate of drug-likeness (QED) is 0.754. The zero-order chi connectivity index (χ0) is 15.5. The van der Waals surface area contributed by atoms with Gasteiger partial charge in [0.05, 0.1) is 7.11 Å². The lowest BCUT2D eigenvalue weighted by molar-refractivity contribution is 0.168. The summed E-state index contributed by atoms with van der Waals surface area (Å²) in [7, 11) is 1.64. The van der Waals surface area contributed by atoms with Crippen molar-refractivity contribution >= 4 is 0 Å². The number of aromatic hydroxyl groups is 1. The van der Waals surface area contributed by atoms with Gasteiger partial charge in [0.15, 0.2) is 11.5 Å². The lowest BCUT2D eigenvalue weighted by Gasteiger charge is -2.48. The van der Waals surface area contributed by atoms with E-state index < -0.39 is 0 Å². The average Bonchev–Trinajstić information content (AvgIpc) is 2.82. The van der Waals surface area contributed by atoms with E-state index in [2.05, 4.69) is 26.0 Å². The summed E-state index contributed by atoms with van der Waals surface area (Å²) in [6, 6.07) is 4.03. The van der Waals surface area contributed by atoms with Crippen molar-refractivity contribution in [3.8, 4) is 11.5 Å². The number of aryl methyl sites for hydroxylation is 1. The van der Waals surface area contributed by atoms with Crippen LogP contribution in [0.1, 0.15) is 56.6 Å². The molecule has 0 spiro atoms. The van der Waals surface area contributed by atoms with Crippen molar-refractivity contribution < 1.29 is 9.84 Å². The molecule has 1 aromatic rings. The largest absolute Gasteiger partial charge is 0.504 e. The molecular weight excluding hydrogens is 272 g/mol. The number of methoxy groups -OCH3 is 1. The molecule has 118 valence electrons. The van der Waals surface area contributed by atoms with Gasteiger partial charge >= 0.3 is 0 Å². The second kappa shape index (κ2) is 4.78.